The molecule has 0 bridgehead atoms. The summed E-state index contributed by atoms with van der Waals surface area (Å²) in [7, 11) is 1.50. The van der Waals surface area contributed by atoms with Gasteiger partial charge in [-0.3, -0.25) is 9.69 Å². The van der Waals surface area contributed by atoms with Crippen LogP contribution in [0.15, 0.2) is 13.6 Å². The molecule has 0 aromatic carbocycles. The van der Waals surface area contributed by atoms with E-state index in [1.807, 2.05) is 0 Å². The summed E-state index contributed by atoms with van der Waals surface area (Å²) in [6, 6.07) is 1.66. The van der Waals surface area contributed by atoms with E-state index in [1.165, 1.54) is 23.3 Å². The molecule has 1 heterocycles. The van der Waals surface area contributed by atoms with E-state index >= 15 is 0 Å². The number of carbonyl (C=O) groups excluding carboxylic acids is 1. The van der Waals surface area contributed by atoms with E-state index in [0.29, 0.717) is 9.35 Å². The lowest BCUT2D eigenvalue weighted by Gasteiger charge is -2.16. The van der Waals surface area contributed by atoms with Gasteiger partial charge in [-0.2, -0.15) is 13.2 Å². The Hall–Kier alpha value is 0.0800. The van der Waals surface area contributed by atoms with Crippen LogP contribution in [0.5, 0.6) is 0 Å². The van der Waals surface area contributed by atoms with Gasteiger partial charge in [-0.25, -0.2) is 0 Å². The lowest BCUT2D eigenvalue weighted by Crippen LogP contribution is -2.29. The highest BCUT2D eigenvalue weighted by Gasteiger charge is 2.27. The summed E-state index contributed by atoms with van der Waals surface area (Å²) in [6.45, 7) is -0.212. The maximum Gasteiger partial charge on any atom is 0.390 e. The Morgan fingerprint density at radius 2 is 2.06 bits per heavy atom. The van der Waals surface area contributed by atoms with Crippen LogP contribution in [0.1, 0.15) is 16.8 Å². The molecule has 1 rings (SSSR count). The molecular weight excluding hydrogens is 399 g/mol. The smallest absolute Gasteiger partial charge is 0.299 e. The lowest BCUT2D eigenvalue weighted by molar-refractivity contribution is -0.137. The molecule has 8 heteroatoms. The number of rotatable bonds is 5. The van der Waals surface area contributed by atoms with Gasteiger partial charge in [0.1, 0.15) is 0 Å². The molecule has 0 saturated heterocycles. The maximum absolute atomic E-state index is 12.0. The second-order valence-corrected chi connectivity index (χ2v) is 7.51. The zero-order valence-corrected chi connectivity index (χ0v) is 13.3. The first-order valence-electron chi connectivity index (χ1n) is 4.92. The Morgan fingerprint density at radius 1 is 1.44 bits per heavy atom. The number of halogens is 5. The molecule has 0 radical (unpaired) electrons. The molecule has 0 spiro atoms. The average Bonchev–Trinajstić information content (AvgIpc) is 2.54. The zero-order chi connectivity index (χ0) is 13.9. The van der Waals surface area contributed by atoms with E-state index < -0.39 is 12.6 Å². The lowest BCUT2D eigenvalue weighted by atomic mass is 10.2. The first kappa shape index (κ1) is 16.1. The second kappa shape index (κ2) is 6.49. The molecule has 0 aliphatic carbocycles. The van der Waals surface area contributed by atoms with Gasteiger partial charge >= 0.3 is 6.18 Å². The molecule has 0 aliphatic rings. The summed E-state index contributed by atoms with van der Waals surface area (Å²) in [5.74, 6) is -0.200. The summed E-state index contributed by atoms with van der Waals surface area (Å²) >= 11 is 7.85. The van der Waals surface area contributed by atoms with E-state index in [2.05, 4.69) is 31.9 Å². The topological polar surface area (TPSA) is 20.3 Å². The predicted molar refractivity (Wildman–Crippen MR) is 72.2 cm³/mol. The van der Waals surface area contributed by atoms with Crippen LogP contribution in [0.25, 0.3) is 0 Å². The van der Waals surface area contributed by atoms with E-state index in [4.69, 9.17) is 0 Å². The molecule has 0 saturated carbocycles. The third-order valence-corrected chi connectivity index (χ3v) is 4.49. The summed E-state index contributed by atoms with van der Waals surface area (Å²) in [6.07, 6.45) is -5.10. The van der Waals surface area contributed by atoms with Gasteiger partial charge in [0.15, 0.2) is 5.78 Å². The van der Waals surface area contributed by atoms with E-state index in [1.54, 1.807) is 6.07 Å². The minimum atomic E-state index is -4.19. The van der Waals surface area contributed by atoms with E-state index in [0.717, 1.165) is 3.79 Å². The van der Waals surface area contributed by atoms with Crippen molar-refractivity contribution in [3.8, 4) is 0 Å². The van der Waals surface area contributed by atoms with Crippen molar-refractivity contribution >= 4 is 49.0 Å². The molecule has 1 aromatic rings. The van der Waals surface area contributed by atoms with E-state index in [9.17, 15) is 18.0 Å². The van der Waals surface area contributed by atoms with Gasteiger partial charge in [0.25, 0.3) is 0 Å². The highest BCUT2D eigenvalue weighted by Crippen LogP contribution is 2.32. The van der Waals surface area contributed by atoms with Gasteiger partial charge in [0, 0.05) is 12.1 Å². The summed E-state index contributed by atoms with van der Waals surface area (Å²) < 4.78 is 37.5. The number of carbonyl (C=O) groups is 1. The molecule has 0 unspecified atom stereocenters. The van der Waals surface area contributed by atoms with Crippen LogP contribution < -0.4 is 0 Å². The summed E-state index contributed by atoms with van der Waals surface area (Å²) in [5, 5.41) is 0. The number of likely N-dealkylation sites (N-methyl/N-ethyl adjacent to an activating group) is 1. The van der Waals surface area contributed by atoms with Gasteiger partial charge in [-0.05, 0) is 45.0 Å². The van der Waals surface area contributed by atoms with Crippen LogP contribution >= 0.6 is 43.2 Å². The molecule has 102 valence electrons. The fourth-order valence-corrected chi connectivity index (χ4v) is 4.11. The number of nitrogens with zero attached hydrogens (tertiary/aromatic N) is 1. The van der Waals surface area contributed by atoms with Crippen LogP contribution in [0.2, 0.25) is 0 Å². The minimum Gasteiger partial charge on any atom is -0.299 e. The van der Waals surface area contributed by atoms with Gasteiger partial charge in [0.2, 0.25) is 0 Å². The van der Waals surface area contributed by atoms with Crippen molar-refractivity contribution < 1.29 is 18.0 Å². The van der Waals surface area contributed by atoms with Crippen LogP contribution in [0, 0.1) is 0 Å². The SMILES string of the molecule is CN(CCC(F)(F)F)CC(=O)c1cc(Br)sc1Br. The van der Waals surface area contributed by atoms with Gasteiger partial charge in [-0.1, -0.05) is 0 Å². The Balaban J connectivity index is 2.52. The van der Waals surface area contributed by atoms with Crippen LogP contribution in [-0.2, 0) is 0 Å². The molecule has 0 N–H and O–H groups in total. The number of hydrogen-bond acceptors (Lipinski definition) is 3. The van der Waals surface area contributed by atoms with Crippen molar-refractivity contribution in [2.45, 2.75) is 12.6 Å². The monoisotopic (exact) mass is 407 g/mol. The van der Waals surface area contributed by atoms with Crippen molar-refractivity contribution in [2.24, 2.45) is 0 Å². The fourth-order valence-electron chi connectivity index (χ4n) is 1.26. The van der Waals surface area contributed by atoms with Crippen molar-refractivity contribution in [1.29, 1.82) is 0 Å². The van der Waals surface area contributed by atoms with E-state index in [-0.39, 0.29) is 18.9 Å². The summed E-state index contributed by atoms with van der Waals surface area (Å²) in [5.41, 5.74) is 0.491. The van der Waals surface area contributed by atoms with Gasteiger partial charge < -0.3 is 0 Å². The van der Waals surface area contributed by atoms with Gasteiger partial charge in [0.05, 0.1) is 20.5 Å². The van der Waals surface area contributed by atoms with Crippen molar-refractivity contribution in [3.63, 3.8) is 0 Å². The Morgan fingerprint density at radius 3 is 2.50 bits per heavy atom. The standard InChI is InChI=1S/C10H10Br2F3NOS/c1-16(3-2-10(13,14)15)5-7(17)6-4-8(11)18-9(6)12/h4H,2-3,5H2,1H3. The van der Waals surface area contributed by atoms with Crippen molar-refractivity contribution in [2.75, 3.05) is 20.1 Å². The number of hydrogen-bond donors (Lipinski definition) is 0. The quantitative estimate of drug-likeness (QED) is 0.675. The van der Waals surface area contributed by atoms with Crippen molar-refractivity contribution in [3.05, 3.63) is 19.2 Å². The highest BCUT2D eigenvalue weighted by atomic mass is 79.9. The highest BCUT2D eigenvalue weighted by molar-refractivity contribution is 9.12. The second-order valence-electron chi connectivity index (χ2n) is 3.76. The van der Waals surface area contributed by atoms with Crippen LogP contribution in [0.3, 0.4) is 0 Å². The zero-order valence-electron chi connectivity index (χ0n) is 9.35. The average molecular weight is 409 g/mol. The molecule has 0 amide bonds. The molecule has 2 nitrogen and oxygen atoms in total. The minimum absolute atomic E-state index is 0.0299. The molecular formula is C10H10Br2F3NOS. The molecule has 0 fully saturated rings. The number of Topliss-reactive ketones (excluding diaryl/α,β-unsaturated/α-hetero) is 1. The third kappa shape index (κ3) is 5.38. The number of ketones is 1. The number of alkyl halides is 3. The van der Waals surface area contributed by atoms with Gasteiger partial charge in [-0.15, -0.1) is 11.3 Å². The molecule has 0 aliphatic heterocycles. The Kier molecular flexibility index (Phi) is 5.82. The Labute approximate surface area is 123 Å². The summed E-state index contributed by atoms with van der Waals surface area (Å²) in [4.78, 5) is 13.2. The normalized spacial score (nSPS) is 12.2. The van der Waals surface area contributed by atoms with Crippen LogP contribution in [0.4, 0.5) is 13.2 Å². The van der Waals surface area contributed by atoms with Crippen LogP contribution in [-0.4, -0.2) is 37.0 Å². The Bertz CT molecular complexity index is 433. The fraction of sp³-hybridized carbons (Fsp3) is 0.500. The third-order valence-electron chi connectivity index (χ3n) is 2.15. The predicted octanol–water partition coefficient (Wildman–Crippen LogP) is 4.34. The largest absolute Gasteiger partial charge is 0.390 e. The van der Waals surface area contributed by atoms with Crippen molar-refractivity contribution in [1.82, 2.24) is 4.90 Å². The maximum atomic E-state index is 12.0. The molecule has 18 heavy (non-hydrogen) atoms. The molecule has 1 aromatic heterocycles. The first-order chi connectivity index (χ1) is 8.19. The number of thiophene rings is 1. The first-order valence-corrected chi connectivity index (χ1v) is 7.32. The molecule has 0 atom stereocenters.